The monoisotopic (exact) mass is 288 g/mol. The number of hydrogen-bond acceptors (Lipinski definition) is 5. The summed E-state index contributed by atoms with van der Waals surface area (Å²) >= 11 is 1.36. The third-order valence-electron chi connectivity index (χ3n) is 2.26. The number of ether oxygens (including phenoxy) is 1. The molecule has 0 aliphatic rings. The normalized spacial score (nSPS) is 13.1. The molecule has 4 nitrogen and oxygen atoms in total. The molecule has 0 aromatic heterocycles. The molecule has 1 unspecified atom stereocenters. The van der Waals surface area contributed by atoms with E-state index in [9.17, 15) is 13.2 Å². The molecule has 0 amide bonds. The second kappa shape index (κ2) is 6.24. The third-order valence-corrected chi connectivity index (χ3v) is 4.72. The largest absolute Gasteiger partial charge is 0.469 e. The molecule has 0 aliphatic heterocycles. The molecular weight excluding hydrogens is 272 g/mol. The summed E-state index contributed by atoms with van der Waals surface area (Å²) in [7, 11) is -1.91. The third kappa shape index (κ3) is 4.34. The zero-order chi connectivity index (χ0) is 13.8. The summed E-state index contributed by atoms with van der Waals surface area (Å²) in [4.78, 5) is 12.1. The number of benzene rings is 1. The highest BCUT2D eigenvalue weighted by Gasteiger charge is 2.17. The van der Waals surface area contributed by atoms with Crippen molar-refractivity contribution < 1.29 is 17.9 Å². The first-order valence-electron chi connectivity index (χ1n) is 5.37. The number of sulfone groups is 1. The topological polar surface area (TPSA) is 60.4 Å². The van der Waals surface area contributed by atoms with E-state index in [0.717, 1.165) is 0 Å². The van der Waals surface area contributed by atoms with E-state index in [-0.39, 0.29) is 17.6 Å². The minimum atomic E-state index is -3.25. The maximum Gasteiger partial charge on any atom is 0.306 e. The van der Waals surface area contributed by atoms with Gasteiger partial charge >= 0.3 is 5.97 Å². The predicted octanol–water partition coefficient (Wildman–Crippen LogP) is 2.13. The van der Waals surface area contributed by atoms with Gasteiger partial charge in [0, 0.05) is 16.4 Å². The highest BCUT2D eigenvalue weighted by molar-refractivity contribution is 8.00. The van der Waals surface area contributed by atoms with Crippen LogP contribution in [0.1, 0.15) is 13.3 Å². The minimum Gasteiger partial charge on any atom is -0.469 e. The highest BCUT2D eigenvalue weighted by atomic mass is 32.2. The molecule has 1 aromatic rings. The Morgan fingerprint density at radius 2 is 2.00 bits per heavy atom. The van der Waals surface area contributed by atoms with Crippen LogP contribution in [0.3, 0.4) is 0 Å². The van der Waals surface area contributed by atoms with Crippen LogP contribution < -0.4 is 0 Å². The van der Waals surface area contributed by atoms with E-state index >= 15 is 0 Å². The van der Waals surface area contributed by atoms with Crippen molar-refractivity contribution in [3.63, 3.8) is 0 Å². The second-order valence-corrected chi connectivity index (χ2v) is 7.39. The van der Waals surface area contributed by atoms with Gasteiger partial charge in [-0.05, 0) is 12.1 Å². The summed E-state index contributed by atoms with van der Waals surface area (Å²) in [6.45, 7) is 1.86. The van der Waals surface area contributed by atoms with Gasteiger partial charge in [-0.15, -0.1) is 11.8 Å². The van der Waals surface area contributed by atoms with Crippen LogP contribution in [0, 0.1) is 0 Å². The van der Waals surface area contributed by atoms with Crippen LogP contribution in [0.15, 0.2) is 34.1 Å². The summed E-state index contributed by atoms with van der Waals surface area (Å²) in [5, 5.41) is -0.0413. The van der Waals surface area contributed by atoms with Gasteiger partial charge in [0.05, 0.1) is 18.4 Å². The molecule has 1 atom stereocenters. The number of thioether (sulfide) groups is 1. The lowest BCUT2D eigenvalue weighted by Crippen LogP contribution is -2.09. The van der Waals surface area contributed by atoms with Gasteiger partial charge in [0.2, 0.25) is 0 Å². The number of methoxy groups -OCH3 is 1. The Hall–Kier alpha value is -1.01. The van der Waals surface area contributed by atoms with Crippen molar-refractivity contribution in [1.29, 1.82) is 0 Å². The number of carbonyl (C=O) groups is 1. The fourth-order valence-electron chi connectivity index (χ4n) is 1.43. The van der Waals surface area contributed by atoms with E-state index in [1.54, 1.807) is 24.3 Å². The lowest BCUT2D eigenvalue weighted by atomic mass is 10.3. The lowest BCUT2D eigenvalue weighted by molar-refractivity contribution is -0.140. The van der Waals surface area contributed by atoms with Crippen LogP contribution in [0.4, 0.5) is 0 Å². The van der Waals surface area contributed by atoms with Gasteiger partial charge < -0.3 is 4.74 Å². The van der Waals surface area contributed by atoms with E-state index in [1.165, 1.54) is 25.1 Å². The molecular formula is C12H16O4S2. The molecule has 0 saturated heterocycles. The average Bonchev–Trinajstić information content (AvgIpc) is 2.27. The van der Waals surface area contributed by atoms with Crippen LogP contribution >= 0.6 is 11.8 Å². The summed E-state index contributed by atoms with van der Waals surface area (Å²) in [6.07, 6.45) is 1.43. The minimum absolute atomic E-state index is 0.0413. The molecule has 0 N–H and O–H groups in total. The molecule has 0 spiro atoms. The zero-order valence-corrected chi connectivity index (χ0v) is 12.2. The van der Waals surface area contributed by atoms with Crippen LogP contribution in [0.5, 0.6) is 0 Å². The van der Waals surface area contributed by atoms with Crippen molar-refractivity contribution in [3.8, 4) is 0 Å². The van der Waals surface area contributed by atoms with Crippen molar-refractivity contribution in [2.75, 3.05) is 13.4 Å². The van der Waals surface area contributed by atoms with Gasteiger partial charge in [0.15, 0.2) is 9.84 Å². The van der Waals surface area contributed by atoms with Gasteiger partial charge in [-0.1, -0.05) is 19.1 Å². The molecule has 6 heteroatoms. The van der Waals surface area contributed by atoms with Gasteiger partial charge in [-0.2, -0.15) is 0 Å². The Morgan fingerprint density at radius 3 is 2.56 bits per heavy atom. The van der Waals surface area contributed by atoms with Gasteiger partial charge in [-0.3, -0.25) is 4.79 Å². The first kappa shape index (κ1) is 15.0. The lowest BCUT2D eigenvalue weighted by Gasteiger charge is -2.12. The predicted molar refractivity (Wildman–Crippen MR) is 71.5 cm³/mol. The Kier molecular flexibility index (Phi) is 5.22. The summed E-state index contributed by atoms with van der Waals surface area (Å²) in [6, 6.07) is 6.78. The summed E-state index contributed by atoms with van der Waals surface area (Å²) in [5.41, 5.74) is 0. The molecule has 0 fully saturated rings. The fraction of sp³-hybridized carbons (Fsp3) is 0.417. The highest BCUT2D eigenvalue weighted by Crippen LogP contribution is 2.31. The maximum absolute atomic E-state index is 11.6. The number of hydrogen-bond donors (Lipinski definition) is 0. The van der Waals surface area contributed by atoms with Crippen LogP contribution in [0.25, 0.3) is 0 Å². The first-order chi connectivity index (χ1) is 8.34. The van der Waals surface area contributed by atoms with E-state index in [1.807, 2.05) is 6.92 Å². The summed E-state index contributed by atoms with van der Waals surface area (Å²) < 4.78 is 27.8. The Morgan fingerprint density at radius 1 is 1.39 bits per heavy atom. The van der Waals surface area contributed by atoms with Gasteiger partial charge in [0.1, 0.15) is 0 Å². The molecule has 1 aromatic carbocycles. The molecule has 0 bridgehead atoms. The SMILES string of the molecule is COC(=O)CC(C)Sc1ccccc1S(C)(=O)=O. The van der Waals surface area contributed by atoms with Crippen molar-refractivity contribution in [2.24, 2.45) is 0 Å². The number of esters is 1. The van der Waals surface area contributed by atoms with Crippen molar-refractivity contribution in [3.05, 3.63) is 24.3 Å². The average molecular weight is 288 g/mol. The molecule has 0 radical (unpaired) electrons. The molecule has 0 aliphatic carbocycles. The Balaban J connectivity index is 2.88. The standard InChI is InChI=1S/C12H16O4S2/c1-9(8-12(13)16-2)17-10-6-4-5-7-11(10)18(3,14)15/h4-7,9H,8H2,1-3H3. The molecule has 0 saturated carbocycles. The quantitative estimate of drug-likeness (QED) is 0.613. The zero-order valence-electron chi connectivity index (χ0n) is 10.5. The van der Waals surface area contributed by atoms with Crippen LogP contribution in [-0.2, 0) is 19.4 Å². The van der Waals surface area contributed by atoms with E-state index in [2.05, 4.69) is 4.74 Å². The van der Waals surface area contributed by atoms with Gasteiger partial charge in [0.25, 0.3) is 0 Å². The van der Waals surface area contributed by atoms with Gasteiger partial charge in [-0.25, -0.2) is 8.42 Å². The molecule has 1 rings (SSSR count). The second-order valence-electron chi connectivity index (χ2n) is 3.93. The first-order valence-corrected chi connectivity index (χ1v) is 8.14. The number of carbonyl (C=O) groups excluding carboxylic acids is 1. The summed E-state index contributed by atoms with van der Waals surface area (Å²) in [5.74, 6) is -0.299. The maximum atomic E-state index is 11.6. The Labute approximate surface area is 112 Å². The van der Waals surface area contributed by atoms with E-state index in [4.69, 9.17) is 0 Å². The Bertz CT molecular complexity index is 523. The molecule has 18 heavy (non-hydrogen) atoms. The fourth-order valence-corrected chi connectivity index (χ4v) is 3.78. The van der Waals surface area contributed by atoms with E-state index < -0.39 is 9.84 Å². The smallest absolute Gasteiger partial charge is 0.306 e. The number of rotatable bonds is 5. The van der Waals surface area contributed by atoms with E-state index in [0.29, 0.717) is 9.79 Å². The van der Waals surface area contributed by atoms with Crippen molar-refractivity contribution >= 4 is 27.6 Å². The van der Waals surface area contributed by atoms with Crippen LogP contribution in [-0.4, -0.2) is 33.0 Å². The van der Waals surface area contributed by atoms with Crippen LogP contribution in [0.2, 0.25) is 0 Å². The molecule has 100 valence electrons. The van der Waals surface area contributed by atoms with Crippen molar-refractivity contribution in [2.45, 2.75) is 28.4 Å². The van der Waals surface area contributed by atoms with Crippen molar-refractivity contribution in [1.82, 2.24) is 0 Å². The molecule has 0 heterocycles.